The van der Waals surface area contributed by atoms with Crippen molar-refractivity contribution < 1.29 is 5.11 Å². The molecule has 7 nitrogen and oxygen atoms in total. The summed E-state index contributed by atoms with van der Waals surface area (Å²) < 4.78 is 2.34. The summed E-state index contributed by atoms with van der Waals surface area (Å²) in [4.78, 5) is 14.7. The Morgan fingerprint density at radius 1 is 0.897 bits per heavy atom. The SMILES string of the molecule is Cc1ccc(CNc2ncc3c(-c4ccc(CN5CCN(C)CC5)cc4)cn(C4CCC(O)CC4)c3n2)cc1. The van der Waals surface area contributed by atoms with Crippen molar-refractivity contribution in [2.45, 2.75) is 57.8 Å². The zero-order valence-corrected chi connectivity index (χ0v) is 23.2. The minimum atomic E-state index is -0.184. The number of aliphatic hydroxyl groups excluding tert-OH is 1. The van der Waals surface area contributed by atoms with Crippen molar-refractivity contribution in [2.24, 2.45) is 0 Å². The molecule has 2 aromatic carbocycles. The molecule has 7 heteroatoms. The molecule has 1 aliphatic carbocycles. The molecule has 3 heterocycles. The highest BCUT2D eigenvalue weighted by Crippen LogP contribution is 2.37. The molecule has 0 atom stereocenters. The van der Waals surface area contributed by atoms with Crippen molar-refractivity contribution in [3.63, 3.8) is 0 Å². The fourth-order valence-electron chi connectivity index (χ4n) is 5.90. The van der Waals surface area contributed by atoms with Gasteiger partial charge in [-0.2, -0.15) is 4.98 Å². The Hall–Kier alpha value is -3.26. The summed E-state index contributed by atoms with van der Waals surface area (Å²) in [6.07, 6.45) is 7.66. The molecule has 39 heavy (non-hydrogen) atoms. The molecular weight excluding hydrogens is 484 g/mol. The van der Waals surface area contributed by atoms with E-state index >= 15 is 0 Å². The van der Waals surface area contributed by atoms with Gasteiger partial charge in [-0.05, 0) is 56.3 Å². The first-order valence-electron chi connectivity index (χ1n) is 14.4. The number of anilines is 1. The number of piperazine rings is 1. The quantitative estimate of drug-likeness (QED) is 0.345. The molecule has 6 rings (SSSR count). The number of hydrogen-bond acceptors (Lipinski definition) is 6. The third-order valence-electron chi connectivity index (χ3n) is 8.47. The normalized spacial score (nSPS) is 20.9. The van der Waals surface area contributed by atoms with E-state index in [1.807, 2.05) is 6.20 Å². The van der Waals surface area contributed by atoms with Crippen LogP contribution >= 0.6 is 0 Å². The second-order valence-electron chi connectivity index (χ2n) is 11.5. The van der Waals surface area contributed by atoms with E-state index in [2.05, 4.69) is 88.4 Å². The Morgan fingerprint density at radius 2 is 1.59 bits per heavy atom. The van der Waals surface area contributed by atoms with Crippen molar-refractivity contribution >= 4 is 17.0 Å². The number of nitrogens with zero attached hydrogens (tertiary/aromatic N) is 5. The Balaban J connectivity index is 1.27. The number of fused-ring (bicyclic) bond motifs is 1. The highest BCUT2D eigenvalue weighted by Gasteiger charge is 2.24. The lowest BCUT2D eigenvalue weighted by atomic mass is 9.93. The zero-order valence-electron chi connectivity index (χ0n) is 23.2. The topological polar surface area (TPSA) is 69.5 Å². The molecule has 2 fully saturated rings. The van der Waals surface area contributed by atoms with Crippen molar-refractivity contribution in [3.8, 4) is 11.1 Å². The van der Waals surface area contributed by atoms with Gasteiger partial charge in [0, 0.05) is 68.7 Å². The van der Waals surface area contributed by atoms with E-state index in [-0.39, 0.29) is 6.10 Å². The van der Waals surface area contributed by atoms with E-state index in [1.54, 1.807) is 0 Å². The molecule has 0 spiro atoms. The van der Waals surface area contributed by atoms with Gasteiger partial charge in [-0.1, -0.05) is 54.1 Å². The van der Waals surface area contributed by atoms with Crippen LogP contribution in [-0.4, -0.2) is 68.8 Å². The van der Waals surface area contributed by atoms with Crippen LogP contribution in [0.3, 0.4) is 0 Å². The maximum Gasteiger partial charge on any atom is 0.224 e. The van der Waals surface area contributed by atoms with Gasteiger partial charge >= 0.3 is 0 Å². The number of likely N-dealkylation sites (N-methyl/N-ethyl adjacent to an activating group) is 1. The minimum Gasteiger partial charge on any atom is -0.393 e. The predicted molar refractivity (Wildman–Crippen MR) is 158 cm³/mol. The van der Waals surface area contributed by atoms with Crippen LogP contribution in [-0.2, 0) is 13.1 Å². The van der Waals surface area contributed by atoms with Crippen molar-refractivity contribution in [1.82, 2.24) is 24.3 Å². The van der Waals surface area contributed by atoms with Gasteiger partial charge in [0.15, 0.2) is 0 Å². The number of aromatic nitrogens is 3. The van der Waals surface area contributed by atoms with E-state index in [1.165, 1.54) is 27.8 Å². The maximum absolute atomic E-state index is 10.1. The van der Waals surface area contributed by atoms with Crippen LogP contribution in [0.15, 0.2) is 60.9 Å². The van der Waals surface area contributed by atoms with Crippen LogP contribution in [0, 0.1) is 6.92 Å². The Labute approximate surface area is 231 Å². The Kier molecular flexibility index (Phi) is 7.64. The summed E-state index contributed by atoms with van der Waals surface area (Å²) in [6.45, 7) is 8.31. The lowest BCUT2D eigenvalue weighted by molar-refractivity contribution is 0.111. The van der Waals surface area contributed by atoms with Crippen LogP contribution in [0.1, 0.15) is 48.4 Å². The molecule has 1 saturated heterocycles. The van der Waals surface area contributed by atoms with E-state index in [9.17, 15) is 5.11 Å². The second kappa shape index (κ2) is 11.5. The number of nitrogens with one attached hydrogen (secondary N) is 1. The summed E-state index contributed by atoms with van der Waals surface area (Å²) >= 11 is 0. The lowest BCUT2D eigenvalue weighted by Crippen LogP contribution is -2.43. The van der Waals surface area contributed by atoms with Gasteiger partial charge in [-0.25, -0.2) is 4.98 Å². The van der Waals surface area contributed by atoms with Crippen molar-refractivity contribution in [1.29, 1.82) is 0 Å². The molecule has 1 aliphatic heterocycles. The van der Waals surface area contributed by atoms with Gasteiger partial charge in [0.05, 0.1) is 6.10 Å². The molecule has 2 aromatic heterocycles. The lowest BCUT2D eigenvalue weighted by Gasteiger charge is -2.32. The third-order valence-corrected chi connectivity index (χ3v) is 8.47. The van der Waals surface area contributed by atoms with Crippen LogP contribution in [0.4, 0.5) is 5.95 Å². The molecule has 1 saturated carbocycles. The summed E-state index contributed by atoms with van der Waals surface area (Å²) in [5.74, 6) is 0.646. The summed E-state index contributed by atoms with van der Waals surface area (Å²) in [5, 5.41) is 14.6. The van der Waals surface area contributed by atoms with Crippen molar-refractivity contribution in [3.05, 3.63) is 77.6 Å². The second-order valence-corrected chi connectivity index (χ2v) is 11.5. The van der Waals surface area contributed by atoms with Gasteiger partial charge < -0.3 is 19.9 Å². The van der Waals surface area contributed by atoms with Crippen LogP contribution in [0.5, 0.6) is 0 Å². The molecule has 204 valence electrons. The fraction of sp³-hybridized carbons (Fsp3) is 0.438. The molecule has 0 unspecified atom stereocenters. The van der Waals surface area contributed by atoms with E-state index in [4.69, 9.17) is 9.97 Å². The molecule has 2 N–H and O–H groups in total. The molecule has 4 aromatic rings. The first-order chi connectivity index (χ1) is 19.0. The van der Waals surface area contributed by atoms with E-state index in [0.29, 0.717) is 18.5 Å². The van der Waals surface area contributed by atoms with Gasteiger partial charge in [-0.15, -0.1) is 0 Å². The number of hydrogen-bond donors (Lipinski definition) is 2. The average Bonchev–Trinajstić information content (AvgIpc) is 3.34. The smallest absolute Gasteiger partial charge is 0.224 e. The Morgan fingerprint density at radius 3 is 2.31 bits per heavy atom. The average molecular weight is 525 g/mol. The zero-order chi connectivity index (χ0) is 26.8. The summed E-state index contributed by atoms with van der Waals surface area (Å²) in [7, 11) is 2.20. The van der Waals surface area contributed by atoms with Crippen LogP contribution < -0.4 is 5.32 Å². The maximum atomic E-state index is 10.1. The minimum absolute atomic E-state index is 0.184. The third kappa shape index (κ3) is 6.01. The van der Waals surface area contributed by atoms with Gasteiger partial charge in [0.2, 0.25) is 5.95 Å². The predicted octanol–water partition coefficient (Wildman–Crippen LogP) is 5.24. The van der Waals surface area contributed by atoms with E-state index in [0.717, 1.165) is 69.4 Å². The monoisotopic (exact) mass is 524 g/mol. The van der Waals surface area contributed by atoms with Crippen LogP contribution in [0.2, 0.25) is 0 Å². The van der Waals surface area contributed by atoms with Gasteiger partial charge in [0.1, 0.15) is 5.65 Å². The molecule has 0 radical (unpaired) electrons. The molecule has 0 amide bonds. The first-order valence-corrected chi connectivity index (χ1v) is 14.4. The van der Waals surface area contributed by atoms with E-state index < -0.39 is 0 Å². The van der Waals surface area contributed by atoms with Crippen LogP contribution in [0.25, 0.3) is 22.2 Å². The number of rotatable bonds is 7. The standard InChI is InChI=1S/C32H40N6O/c1-23-3-5-24(6-4-23)19-33-32-34-20-29-30(22-38(31(29)35-32)27-11-13-28(39)14-12-27)26-9-7-25(8-10-26)21-37-17-15-36(2)16-18-37/h3-10,20,22,27-28,39H,11-19,21H2,1-2H3,(H,33,34,35). The van der Waals surface area contributed by atoms with Gasteiger partial charge in [-0.3, -0.25) is 4.90 Å². The Bertz CT molecular complexity index is 1380. The summed E-state index contributed by atoms with van der Waals surface area (Å²) in [5.41, 5.74) is 7.15. The fourth-order valence-corrected chi connectivity index (χ4v) is 5.90. The molecule has 2 aliphatic rings. The first kappa shape index (κ1) is 26.0. The molecule has 0 bridgehead atoms. The highest BCUT2D eigenvalue weighted by molar-refractivity contribution is 5.94. The highest BCUT2D eigenvalue weighted by atomic mass is 16.3. The largest absolute Gasteiger partial charge is 0.393 e. The van der Waals surface area contributed by atoms with Crippen molar-refractivity contribution in [2.75, 3.05) is 38.5 Å². The number of aliphatic hydroxyl groups is 1. The number of benzene rings is 2. The number of aryl methyl sites for hydroxylation is 1. The summed E-state index contributed by atoms with van der Waals surface area (Å²) in [6, 6.07) is 17.9. The molecular formula is C32H40N6O. The van der Waals surface area contributed by atoms with Gasteiger partial charge in [0.25, 0.3) is 0 Å².